The van der Waals surface area contributed by atoms with Gasteiger partial charge in [0.2, 0.25) is 0 Å². The first-order valence-electron chi connectivity index (χ1n) is 9.66. The molecule has 2 aliphatic rings. The molecular weight excluding hydrogens is 360 g/mol. The van der Waals surface area contributed by atoms with Crippen LogP contribution in [0.2, 0.25) is 0 Å². The molecule has 148 valence electrons. The number of nitrogens with one attached hydrogen (secondary N) is 1. The van der Waals surface area contributed by atoms with Gasteiger partial charge in [0.05, 0.1) is 30.5 Å². The molecule has 2 amide bonds. The first-order valence-corrected chi connectivity index (χ1v) is 9.66. The zero-order valence-electron chi connectivity index (χ0n) is 15.9. The normalized spacial score (nSPS) is 20.2. The van der Waals surface area contributed by atoms with Crippen LogP contribution < -0.4 is 0 Å². The van der Waals surface area contributed by atoms with Gasteiger partial charge in [-0.25, -0.2) is 9.97 Å². The van der Waals surface area contributed by atoms with E-state index in [2.05, 4.69) is 20.2 Å². The smallest absolute Gasteiger partial charge is 0.272 e. The van der Waals surface area contributed by atoms with Crippen LogP contribution >= 0.6 is 0 Å². The molecule has 2 saturated heterocycles. The zero-order valence-corrected chi connectivity index (χ0v) is 15.9. The van der Waals surface area contributed by atoms with Gasteiger partial charge < -0.3 is 14.5 Å². The van der Waals surface area contributed by atoms with Crippen LogP contribution in [0.5, 0.6) is 0 Å². The van der Waals surface area contributed by atoms with Crippen molar-refractivity contribution in [2.24, 2.45) is 0 Å². The fourth-order valence-electron chi connectivity index (χ4n) is 3.77. The number of hydrogen-bond donors (Lipinski definition) is 1. The second-order valence-electron chi connectivity index (χ2n) is 7.11. The highest BCUT2D eigenvalue weighted by molar-refractivity contribution is 5.95. The number of likely N-dealkylation sites (tertiary alicyclic amines) is 1. The number of piperidine rings is 1. The first kappa shape index (κ1) is 18.5. The third-order valence-electron chi connectivity index (χ3n) is 5.32. The lowest BCUT2D eigenvalue weighted by Gasteiger charge is -2.34. The number of amides is 2. The maximum Gasteiger partial charge on any atom is 0.272 e. The molecule has 4 rings (SSSR count). The monoisotopic (exact) mass is 384 g/mol. The van der Waals surface area contributed by atoms with Crippen LogP contribution in [-0.2, 0) is 4.74 Å². The lowest BCUT2D eigenvalue weighted by Crippen LogP contribution is -2.41. The fourth-order valence-corrected chi connectivity index (χ4v) is 3.77. The van der Waals surface area contributed by atoms with Crippen molar-refractivity contribution in [3.05, 3.63) is 41.2 Å². The summed E-state index contributed by atoms with van der Waals surface area (Å²) >= 11 is 0. The summed E-state index contributed by atoms with van der Waals surface area (Å²) in [5, 5.41) is 6.61. The summed E-state index contributed by atoms with van der Waals surface area (Å²) in [7, 11) is 0. The highest BCUT2D eigenvalue weighted by atomic mass is 16.5. The zero-order chi connectivity index (χ0) is 19.5. The summed E-state index contributed by atoms with van der Waals surface area (Å²) in [5.74, 6) is 0.418. The van der Waals surface area contributed by atoms with E-state index in [-0.39, 0.29) is 17.9 Å². The lowest BCUT2D eigenvalue weighted by molar-refractivity contribution is 0.0301. The summed E-state index contributed by atoms with van der Waals surface area (Å²) in [6.07, 6.45) is 5.93. The van der Waals surface area contributed by atoms with Crippen LogP contribution in [0.3, 0.4) is 0 Å². The summed E-state index contributed by atoms with van der Waals surface area (Å²) in [6, 6.07) is 1.47. The first-order chi connectivity index (χ1) is 13.6. The number of nitrogens with zero attached hydrogens (tertiary/aromatic N) is 5. The Kier molecular flexibility index (Phi) is 5.34. The van der Waals surface area contributed by atoms with E-state index in [9.17, 15) is 9.59 Å². The average molecular weight is 384 g/mol. The Balaban J connectivity index is 1.56. The van der Waals surface area contributed by atoms with Crippen molar-refractivity contribution < 1.29 is 14.3 Å². The molecule has 4 heterocycles. The molecular formula is C19H24N6O3. The molecule has 2 aliphatic heterocycles. The van der Waals surface area contributed by atoms with Gasteiger partial charge in [0.15, 0.2) is 5.82 Å². The lowest BCUT2D eigenvalue weighted by atomic mass is 10.0. The van der Waals surface area contributed by atoms with E-state index in [4.69, 9.17) is 4.74 Å². The third kappa shape index (κ3) is 3.62. The maximum absolute atomic E-state index is 12.8. The molecule has 9 nitrogen and oxygen atoms in total. The van der Waals surface area contributed by atoms with Gasteiger partial charge in [-0.15, -0.1) is 0 Å². The van der Waals surface area contributed by atoms with Crippen molar-refractivity contribution in [3.63, 3.8) is 0 Å². The van der Waals surface area contributed by atoms with E-state index in [0.717, 1.165) is 19.3 Å². The highest BCUT2D eigenvalue weighted by Gasteiger charge is 2.32. The quantitative estimate of drug-likeness (QED) is 0.857. The summed E-state index contributed by atoms with van der Waals surface area (Å²) < 4.78 is 5.31. The molecule has 0 spiro atoms. The van der Waals surface area contributed by atoms with Crippen molar-refractivity contribution in [2.45, 2.75) is 32.2 Å². The molecule has 1 N–H and O–H groups in total. The van der Waals surface area contributed by atoms with Crippen LogP contribution in [0.1, 0.15) is 57.7 Å². The number of carbonyl (C=O) groups is 2. The van der Waals surface area contributed by atoms with E-state index < -0.39 is 0 Å². The molecule has 2 fully saturated rings. The van der Waals surface area contributed by atoms with E-state index in [0.29, 0.717) is 55.6 Å². The van der Waals surface area contributed by atoms with E-state index in [1.807, 2.05) is 6.92 Å². The summed E-state index contributed by atoms with van der Waals surface area (Å²) in [6.45, 7) is 4.74. The van der Waals surface area contributed by atoms with Gasteiger partial charge in [-0.3, -0.25) is 14.7 Å². The third-order valence-corrected chi connectivity index (χ3v) is 5.32. The second-order valence-corrected chi connectivity index (χ2v) is 7.11. The average Bonchev–Trinajstić information content (AvgIpc) is 3.28. The van der Waals surface area contributed by atoms with Crippen LogP contribution in [-0.4, -0.2) is 74.6 Å². The predicted molar refractivity (Wildman–Crippen MR) is 99.7 cm³/mol. The Morgan fingerprint density at radius 1 is 1.18 bits per heavy atom. The van der Waals surface area contributed by atoms with Crippen LogP contribution in [0, 0.1) is 6.92 Å². The molecule has 9 heteroatoms. The molecule has 0 saturated carbocycles. The molecule has 28 heavy (non-hydrogen) atoms. The van der Waals surface area contributed by atoms with Gasteiger partial charge in [0.1, 0.15) is 5.69 Å². The fraction of sp³-hybridized carbons (Fsp3) is 0.526. The molecule has 1 unspecified atom stereocenters. The van der Waals surface area contributed by atoms with Crippen molar-refractivity contribution in [1.82, 2.24) is 30.0 Å². The number of aromatic amines is 1. The van der Waals surface area contributed by atoms with Gasteiger partial charge in [0, 0.05) is 32.0 Å². The van der Waals surface area contributed by atoms with E-state index >= 15 is 0 Å². The van der Waals surface area contributed by atoms with Crippen LogP contribution in [0.4, 0.5) is 0 Å². The van der Waals surface area contributed by atoms with Gasteiger partial charge >= 0.3 is 0 Å². The van der Waals surface area contributed by atoms with Crippen LogP contribution in [0.25, 0.3) is 0 Å². The van der Waals surface area contributed by atoms with Crippen molar-refractivity contribution in [2.75, 3.05) is 32.8 Å². The molecule has 1 atom stereocenters. The van der Waals surface area contributed by atoms with Crippen LogP contribution in [0.15, 0.2) is 18.5 Å². The van der Waals surface area contributed by atoms with Gasteiger partial charge in [-0.2, -0.15) is 5.10 Å². The molecule has 0 aromatic carbocycles. The minimum Gasteiger partial charge on any atom is -0.378 e. The summed E-state index contributed by atoms with van der Waals surface area (Å²) in [5.41, 5.74) is 1.61. The molecule has 2 aromatic heterocycles. The number of hydrogen-bond acceptors (Lipinski definition) is 6. The molecule has 0 radical (unpaired) electrons. The number of aryl methyl sites for hydroxylation is 1. The number of carbonyl (C=O) groups excluding carboxylic acids is 2. The Morgan fingerprint density at radius 3 is 2.71 bits per heavy atom. The number of aromatic nitrogens is 4. The van der Waals surface area contributed by atoms with E-state index in [1.165, 1.54) is 0 Å². The minimum atomic E-state index is -0.198. The van der Waals surface area contributed by atoms with Gasteiger partial charge in [-0.1, -0.05) is 0 Å². The molecule has 0 bridgehead atoms. The standard InChI is InChI=1S/C19H24N6O3/c1-13-14(18(26)24-8-10-28-11-9-24)12-20-17(22-13)16-4-2-3-7-25(16)19(27)15-5-6-21-23-15/h5-6,12,16H,2-4,7-11H2,1H3,(H,21,23). The number of H-pyrrole nitrogens is 1. The summed E-state index contributed by atoms with van der Waals surface area (Å²) in [4.78, 5) is 38.3. The largest absolute Gasteiger partial charge is 0.378 e. The minimum absolute atomic E-state index is 0.0682. The number of morpholine rings is 1. The Hall–Kier alpha value is -2.81. The SMILES string of the molecule is Cc1nc(C2CCCCN2C(=O)c2ccn[nH]2)ncc1C(=O)N1CCOCC1. The molecule has 2 aromatic rings. The number of ether oxygens (including phenoxy) is 1. The van der Waals surface area contributed by atoms with Gasteiger partial charge in [0.25, 0.3) is 11.8 Å². The highest BCUT2D eigenvalue weighted by Crippen LogP contribution is 2.30. The Labute approximate surface area is 163 Å². The Bertz CT molecular complexity index is 847. The van der Waals surface area contributed by atoms with Crippen molar-refractivity contribution in [1.29, 1.82) is 0 Å². The number of rotatable bonds is 3. The predicted octanol–water partition coefficient (Wildman–Crippen LogP) is 1.35. The van der Waals surface area contributed by atoms with Crippen molar-refractivity contribution >= 4 is 11.8 Å². The van der Waals surface area contributed by atoms with Crippen molar-refractivity contribution in [3.8, 4) is 0 Å². The molecule has 0 aliphatic carbocycles. The van der Waals surface area contributed by atoms with E-state index in [1.54, 1.807) is 28.3 Å². The Morgan fingerprint density at radius 2 is 2.00 bits per heavy atom. The maximum atomic E-state index is 12.8. The second kappa shape index (κ2) is 8.05. The van der Waals surface area contributed by atoms with Gasteiger partial charge in [-0.05, 0) is 32.3 Å². The topological polar surface area (TPSA) is 104 Å².